The average molecular weight is 413 g/mol. The van der Waals surface area contributed by atoms with Crippen molar-refractivity contribution >= 4 is 39.9 Å². The smallest absolute Gasteiger partial charge is 0.293 e. The van der Waals surface area contributed by atoms with Crippen molar-refractivity contribution in [2.75, 3.05) is 19.0 Å². The largest absolute Gasteiger partial charge is 0.496 e. The molecule has 0 spiro atoms. The van der Waals surface area contributed by atoms with Crippen molar-refractivity contribution < 1.29 is 18.7 Å². The zero-order chi connectivity index (χ0) is 20.6. The van der Waals surface area contributed by atoms with Gasteiger partial charge in [-0.25, -0.2) is 0 Å². The van der Waals surface area contributed by atoms with Crippen LogP contribution in [0.2, 0.25) is 0 Å². The van der Waals surface area contributed by atoms with Crippen molar-refractivity contribution in [1.29, 1.82) is 0 Å². The van der Waals surface area contributed by atoms with Gasteiger partial charge in [0.2, 0.25) is 0 Å². The van der Waals surface area contributed by atoms with Crippen LogP contribution >= 0.6 is 12.2 Å². The van der Waals surface area contributed by atoms with Gasteiger partial charge in [0.25, 0.3) is 5.91 Å². The van der Waals surface area contributed by atoms with E-state index in [0.29, 0.717) is 17.9 Å². The molecule has 0 radical (unpaired) electrons. The lowest BCUT2D eigenvalue weighted by molar-refractivity contribution is 0.0953. The summed E-state index contributed by atoms with van der Waals surface area (Å²) in [5, 5.41) is 6.51. The van der Waals surface area contributed by atoms with E-state index in [-0.39, 0.29) is 10.9 Å². The molecule has 152 valence electrons. The summed E-state index contributed by atoms with van der Waals surface area (Å²) in [6.45, 7) is 2.87. The number of methoxy groups -OCH3 is 1. The topological polar surface area (TPSA) is 72.7 Å². The van der Waals surface area contributed by atoms with Gasteiger partial charge in [-0.15, -0.1) is 0 Å². The Hall–Kier alpha value is -3.06. The second-order valence-electron chi connectivity index (χ2n) is 6.47. The van der Waals surface area contributed by atoms with E-state index < -0.39 is 5.91 Å². The summed E-state index contributed by atoms with van der Waals surface area (Å²) in [5.41, 5.74) is 1.32. The number of anilines is 1. The number of fused-ring (bicyclic) bond motifs is 1. The Kier molecular flexibility index (Phi) is 7.08. The average Bonchev–Trinajstić information content (AvgIpc) is 3.17. The Morgan fingerprint density at radius 3 is 2.66 bits per heavy atom. The summed E-state index contributed by atoms with van der Waals surface area (Å²) in [6.07, 6.45) is 3.36. The molecule has 3 rings (SSSR count). The van der Waals surface area contributed by atoms with E-state index in [9.17, 15) is 4.79 Å². The van der Waals surface area contributed by atoms with Crippen LogP contribution in [0.25, 0.3) is 11.0 Å². The summed E-state index contributed by atoms with van der Waals surface area (Å²) >= 11 is 5.23. The molecular weight excluding hydrogens is 388 g/mol. The van der Waals surface area contributed by atoms with Gasteiger partial charge < -0.3 is 19.2 Å². The predicted molar refractivity (Wildman–Crippen MR) is 118 cm³/mol. The number of ether oxygens (including phenoxy) is 2. The fourth-order valence-electron chi connectivity index (χ4n) is 2.83. The molecule has 0 aliphatic carbocycles. The minimum absolute atomic E-state index is 0.157. The van der Waals surface area contributed by atoms with Crippen LogP contribution in [0.4, 0.5) is 5.69 Å². The second-order valence-corrected chi connectivity index (χ2v) is 6.88. The molecule has 1 heterocycles. The number of rotatable bonds is 8. The Bertz CT molecular complexity index is 982. The lowest BCUT2D eigenvalue weighted by Crippen LogP contribution is -2.33. The number of amides is 1. The molecule has 0 saturated heterocycles. The highest BCUT2D eigenvalue weighted by Crippen LogP contribution is 2.28. The van der Waals surface area contributed by atoms with Crippen LogP contribution in [-0.4, -0.2) is 24.7 Å². The normalized spacial score (nSPS) is 10.6. The van der Waals surface area contributed by atoms with Crippen LogP contribution in [0.5, 0.6) is 11.5 Å². The van der Waals surface area contributed by atoms with Gasteiger partial charge in [0.15, 0.2) is 10.9 Å². The zero-order valence-electron chi connectivity index (χ0n) is 16.5. The number of unbranched alkanes of at least 4 members (excludes halogenated alkanes) is 2. The summed E-state index contributed by atoms with van der Waals surface area (Å²) in [6, 6.07) is 14.4. The number of thiocarbonyl (C=S) groups is 1. The van der Waals surface area contributed by atoms with Crippen molar-refractivity contribution in [3.63, 3.8) is 0 Å². The fourth-order valence-corrected chi connectivity index (χ4v) is 3.04. The molecular formula is C22H24N2O4S. The molecule has 1 amide bonds. The first kappa shape index (κ1) is 20.7. The van der Waals surface area contributed by atoms with Gasteiger partial charge in [-0.3, -0.25) is 10.1 Å². The molecule has 0 fully saturated rings. The van der Waals surface area contributed by atoms with E-state index in [2.05, 4.69) is 17.6 Å². The quantitative estimate of drug-likeness (QED) is 0.394. The van der Waals surface area contributed by atoms with E-state index in [1.54, 1.807) is 25.3 Å². The standard InChI is InChI=1S/C22H24N2O4S/c1-3-4-5-13-27-16-11-9-15(10-12-16)23-22(29)24-21(25)20-14-17-18(26-2)7-6-8-19(17)28-20/h6-12,14H,3-5,13H2,1-2H3,(H2,23,24,25,29). The molecule has 3 aromatic rings. The molecule has 1 aromatic heterocycles. The minimum atomic E-state index is -0.434. The predicted octanol–water partition coefficient (Wildman–Crippen LogP) is 5.14. The van der Waals surface area contributed by atoms with Gasteiger partial charge in [-0.05, 0) is 55.0 Å². The molecule has 2 N–H and O–H groups in total. The van der Waals surface area contributed by atoms with E-state index in [4.69, 9.17) is 26.1 Å². The number of hydrogen-bond acceptors (Lipinski definition) is 5. The second kappa shape index (κ2) is 9.93. The summed E-state index contributed by atoms with van der Waals surface area (Å²) in [7, 11) is 1.57. The molecule has 7 heteroatoms. The van der Waals surface area contributed by atoms with Crippen LogP contribution in [0.15, 0.2) is 52.9 Å². The first-order valence-corrected chi connectivity index (χ1v) is 9.93. The lowest BCUT2D eigenvalue weighted by atomic mass is 10.2. The van der Waals surface area contributed by atoms with Crippen LogP contribution in [0, 0.1) is 0 Å². The van der Waals surface area contributed by atoms with E-state index in [1.807, 2.05) is 30.3 Å². The summed E-state index contributed by atoms with van der Waals surface area (Å²) < 4.78 is 16.6. The molecule has 0 saturated carbocycles. The maximum absolute atomic E-state index is 12.4. The Morgan fingerprint density at radius 2 is 1.93 bits per heavy atom. The monoisotopic (exact) mass is 412 g/mol. The van der Waals surface area contributed by atoms with Crippen LogP contribution in [0.1, 0.15) is 36.7 Å². The fraction of sp³-hybridized carbons (Fsp3) is 0.273. The van der Waals surface area contributed by atoms with Crippen molar-refractivity contribution in [1.82, 2.24) is 5.32 Å². The third kappa shape index (κ3) is 5.48. The van der Waals surface area contributed by atoms with Crippen LogP contribution < -0.4 is 20.1 Å². The molecule has 2 aromatic carbocycles. The third-order valence-electron chi connectivity index (χ3n) is 4.32. The number of carbonyl (C=O) groups is 1. The van der Waals surface area contributed by atoms with E-state index in [0.717, 1.165) is 36.1 Å². The minimum Gasteiger partial charge on any atom is -0.496 e. The van der Waals surface area contributed by atoms with Crippen molar-refractivity contribution in [3.8, 4) is 11.5 Å². The third-order valence-corrected chi connectivity index (χ3v) is 4.53. The molecule has 0 bridgehead atoms. The van der Waals surface area contributed by atoms with Crippen molar-refractivity contribution in [2.24, 2.45) is 0 Å². The van der Waals surface area contributed by atoms with Crippen LogP contribution in [-0.2, 0) is 0 Å². The molecule has 0 atom stereocenters. The Morgan fingerprint density at radius 1 is 1.14 bits per heavy atom. The highest BCUT2D eigenvalue weighted by molar-refractivity contribution is 7.80. The van der Waals surface area contributed by atoms with E-state index >= 15 is 0 Å². The Balaban J connectivity index is 1.55. The molecule has 0 unspecified atom stereocenters. The van der Waals surface area contributed by atoms with Gasteiger partial charge in [-0.1, -0.05) is 25.8 Å². The van der Waals surface area contributed by atoms with Gasteiger partial charge in [-0.2, -0.15) is 0 Å². The number of hydrogen-bond donors (Lipinski definition) is 2. The zero-order valence-corrected chi connectivity index (χ0v) is 17.3. The van der Waals surface area contributed by atoms with Crippen LogP contribution in [0.3, 0.4) is 0 Å². The van der Waals surface area contributed by atoms with Crippen molar-refractivity contribution in [3.05, 3.63) is 54.3 Å². The number of benzene rings is 2. The Labute approximate surface area is 175 Å². The summed E-state index contributed by atoms with van der Waals surface area (Å²) in [5.74, 6) is 1.17. The highest BCUT2D eigenvalue weighted by atomic mass is 32.1. The molecule has 0 aliphatic rings. The highest BCUT2D eigenvalue weighted by Gasteiger charge is 2.15. The summed E-state index contributed by atoms with van der Waals surface area (Å²) in [4.78, 5) is 12.4. The SMILES string of the molecule is CCCCCOc1ccc(NC(=S)NC(=O)c2cc3c(OC)cccc3o2)cc1. The van der Waals surface area contributed by atoms with Gasteiger partial charge in [0.1, 0.15) is 17.1 Å². The molecule has 0 aliphatic heterocycles. The molecule has 6 nitrogen and oxygen atoms in total. The van der Waals surface area contributed by atoms with Gasteiger partial charge in [0.05, 0.1) is 19.1 Å². The van der Waals surface area contributed by atoms with Gasteiger partial charge >= 0.3 is 0 Å². The van der Waals surface area contributed by atoms with Crippen molar-refractivity contribution in [2.45, 2.75) is 26.2 Å². The number of furan rings is 1. The lowest BCUT2D eigenvalue weighted by Gasteiger charge is -2.10. The first-order valence-electron chi connectivity index (χ1n) is 9.52. The molecule has 29 heavy (non-hydrogen) atoms. The maximum Gasteiger partial charge on any atom is 0.293 e. The number of nitrogens with one attached hydrogen (secondary N) is 2. The van der Waals surface area contributed by atoms with E-state index in [1.165, 1.54) is 0 Å². The van der Waals surface area contributed by atoms with Gasteiger partial charge in [0, 0.05) is 11.8 Å². The number of carbonyl (C=O) groups excluding carboxylic acids is 1. The first-order chi connectivity index (χ1) is 14.1. The maximum atomic E-state index is 12.4.